The van der Waals surface area contributed by atoms with E-state index in [1.54, 1.807) is 60.7 Å². The van der Waals surface area contributed by atoms with Crippen LogP contribution >= 0.6 is 0 Å². The second-order valence-electron chi connectivity index (χ2n) is 8.30. The van der Waals surface area contributed by atoms with Gasteiger partial charge in [0, 0.05) is 22.3 Å². The van der Waals surface area contributed by atoms with Gasteiger partial charge in [0.1, 0.15) is 11.6 Å². The third-order valence-electron chi connectivity index (χ3n) is 5.95. The van der Waals surface area contributed by atoms with Crippen LogP contribution in [0.3, 0.4) is 0 Å². The van der Waals surface area contributed by atoms with Crippen LogP contribution in [0.25, 0.3) is 33.9 Å². The first-order valence-corrected chi connectivity index (χ1v) is 11.0. The molecule has 5 nitrogen and oxygen atoms in total. The van der Waals surface area contributed by atoms with E-state index < -0.39 is 11.8 Å². The Balaban J connectivity index is 1.49. The number of anilines is 1. The molecule has 0 bridgehead atoms. The van der Waals surface area contributed by atoms with Crippen molar-refractivity contribution in [3.05, 3.63) is 107 Å². The number of hydrogen-bond acceptors (Lipinski definition) is 3. The molecule has 4 aromatic rings. The molecular weight excluding hydrogens is 445 g/mol. The van der Waals surface area contributed by atoms with Crippen LogP contribution in [0, 0.1) is 5.82 Å². The zero-order valence-corrected chi connectivity index (χ0v) is 18.5. The molecule has 1 aliphatic rings. The van der Waals surface area contributed by atoms with Crippen molar-refractivity contribution in [2.45, 2.75) is 6.42 Å². The molecule has 0 saturated carbocycles. The maximum absolute atomic E-state index is 15.0. The number of carboxylic acid groups (broad SMARTS) is 1. The lowest BCUT2D eigenvalue weighted by Crippen LogP contribution is -2.03. The molecule has 3 N–H and O–H groups in total. The van der Waals surface area contributed by atoms with E-state index in [9.17, 15) is 19.1 Å². The van der Waals surface area contributed by atoms with Gasteiger partial charge in [-0.05, 0) is 46.5 Å². The lowest BCUT2D eigenvalue weighted by molar-refractivity contribution is -0.136. The molecule has 172 valence electrons. The van der Waals surface area contributed by atoms with Crippen LogP contribution in [-0.4, -0.2) is 22.1 Å². The Morgan fingerprint density at radius 3 is 2.17 bits per heavy atom. The van der Waals surface area contributed by atoms with Crippen molar-refractivity contribution >= 4 is 29.2 Å². The third kappa shape index (κ3) is 4.42. The van der Waals surface area contributed by atoms with Crippen molar-refractivity contribution in [2.24, 2.45) is 0 Å². The SMILES string of the molecule is O=C(O)Cc1ccc(C=C2C(=O)Nc3cc(F)c(-c4ccc(-c5ccccc5O)cc4)cc32)cc1. The highest BCUT2D eigenvalue weighted by Crippen LogP contribution is 2.39. The van der Waals surface area contributed by atoms with Crippen molar-refractivity contribution in [2.75, 3.05) is 5.32 Å². The topological polar surface area (TPSA) is 86.6 Å². The first-order chi connectivity index (χ1) is 16.9. The number of carboxylic acids is 1. The van der Waals surface area contributed by atoms with Gasteiger partial charge in [-0.15, -0.1) is 0 Å². The fraction of sp³-hybridized carbons (Fsp3) is 0.0345. The molecule has 4 aromatic carbocycles. The monoisotopic (exact) mass is 465 g/mol. The van der Waals surface area contributed by atoms with Crippen LogP contribution in [0.5, 0.6) is 5.75 Å². The lowest BCUT2D eigenvalue weighted by atomic mass is 9.96. The minimum Gasteiger partial charge on any atom is -0.507 e. The minimum absolute atomic E-state index is 0.0779. The Hall–Kier alpha value is -4.71. The van der Waals surface area contributed by atoms with Gasteiger partial charge in [0.15, 0.2) is 0 Å². The first kappa shape index (κ1) is 22.1. The highest BCUT2D eigenvalue weighted by molar-refractivity contribution is 6.35. The predicted octanol–water partition coefficient (Wildman–Crippen LogP) is 5.99. The number of fused-ring (bicyclic) bond motifs is 1. The average Bonchev–Trinajstić information content (AvgIpc) is 3.13. The normalized spacial score (nSPS) is 13.5. The van der Waals surface area contributed by atoms with E-state index >= 15 is 0 Å². The van der Waals surface area contributed by atoms with Gasteiger partial charge in [-0.25, -0.2) is 4.39 Å². The number of aromatic hydroxyl groups is 1. The summed E-state index contributed by atoms with van der Waals surface area (Å²) in [5.74, 6) is -1.54. The van der Waals surface area contributed by atoms with Crippen LogP contribution < -0.4 is 5.32 Å². The average molecular weight is 465 g/mol. The van der Waals surface area contributed by atoms with Crippen molar-refractivity contribution in [3.8, 4) is 28.0 Å². The van der Waals surface area contributed by atoms with Crippen LogP contribution in [0.4, 0.5) is 10.1 Å². The van der Waals surface area contributed by atoms with Crippen molar-refractivity contribution in [1.29, 1.82) is 0 Å². The van der Waals surface area contributed by atoms with Gasteiger partial charge in [0.25, 0.3) is 5.91 Å². The Labute approximate surface area is 200 Å². The van der Waals surface area contributed by atoms with Crippen LogP contribution in [0.15, 0.2) is 84.9 Å². The number of aliphatic carboxylic acids is 1. The van der Waals surface area contributed by atoms with E-state index in [4.69, 9.17) is 5.11 Å². The number of phenols is 1. The molecule has 1 aliphatic heterocycles. The van der Waals surface area contributed by atoms with Crippen molar-refractivity contribution in [1.82, 2.24) is 0 Å². The summed E-state index contributed by atoms with van der Waals surface area (Å²) < 4.78 is 15.0. The van der Waals surface area contributed by atoms with Gasteiger partial charge in [0.2, 0.25) is 0 Å². The van der Waals surface area contributed by atoms with Gasteiger partial charge >= 0.3 is 5.97 Å². The van der Waals surface area contributed by atoms with E-state index in [0.717, 1.165) is 11.1 Å². The number of rotatable bonds is 5. The van der Waals surface area contributed by atoms with Crippen LogP contribution in [0.2, 0.25) is 0 Å². The maximum atomic E-state index is 15.0. The highest BCUT2D eigenvalue weighted by atomic mass is 19.1. The smallest absolute Gasteiger partial charge is 0.307 e. The number of para-hydroxylation sites is 1. The summed E-state index contributed by atoms with van der Waals surface area (Å²) in [6.07, 6.45) is 1.63. The summed E-state index contributed by atoms with van der Waals surface area (Å²) in [4.78, 5) is 23.5. The molecule has 1 amide bonds. The second kappa shape index (κ2) is 8.91. The van der Waals surface area contributed by atoms with E-state index in [2.05, 4.69) is 5.32 Å². The Kier molecular flexibility index (Phi) is 5.63. The second-order valence-corrected chi connectivity index (χ2v) is 8.30. The quantitative estimate of drug-likeness (QED) is 0.316. The third-order valence-corrected chi connectivity index (χ3v) is 5.95. The number of amides is 1. The molecule has 0 unspecified atom stereocenters. The lowest BCUT2D eigenvalue weighted by Gasteiger charge is -2.09. The molecule has 5 rings (SSSR count). The molecule has 0 saturated heterocycles. The summed E-state index contributed by atoms with van der Waals surface area (Å²) in [5.41, 5.74) is 5.26. The minimum atomic E-state index is -0.914. The number of halogens is 1. The van der Waals surface area contributed by atoms with E-state index in [1.807, 2.05) is 24.3 Å². The maximum Gasteiger partial charge on any atom is 0.307 e. The summed E-state index contributed by atoms with van der Waals surface area (Å²) in [6, 6.07) is 24.1. The zero-order chi connectivity index (χ0) is 24.5. The van der Waals surface area contributed by atoms with Gasteiger partial charge in [-0.1, -0.05) is 66.7 Å². The largest absolute Gasteiger partial charge is 0.507 e. The molecule has 1 heterocycles. The molecule has 0 atom stereocenters. The Morgan fingerprint density at radius 1 is 0.857 bits per heavy atom. The number of phenolic OH excluding ortho intramolecular Hbond substituents is 1. The van der Waals surface area contributed by atoms with Crippen LogP contribution in [0.1, 0.15) is 16.7 Å². The first-order valence-electron chi connectivity index (χ1n) is 11.0. The van der Waals surface area contributed by atoms with Gasteiger partial charge < -0.3 is 15.5 Å². The molecule has 0 radical (unpaired) electrons. The molecule has 0 fully saturated rings. The molecule has 0 aliphatic carbocycles. The summed E-state index contributed by atoms with van der Waals surface area (Å²) in [7, 11) is 0. The molecule has 6 heteroatoms. The Morgan fingerprint density at radius 2 is 1.51 bits per heavy atom. The number of carbonyl (C=O) groups is 2. The number of benzene rings is 4. The molecule has 0 aromatic heterocycles. The highest BCUT2D eigenvalue weighted by Gasteiger charge is 2.26. The zero-order valence-electron chi connectivity index (χ0n) is 18.5. The van der Waals surface area contributed by atoms with Gasteiger partial charge in [0.05, 0.1) is 12.1 Å². The molecule has 35 heavy (non-hydrogen) atoms. The van der Waals surface area contributed by atoms with Crippen molar-refractivity contribution in [3.63, 3.8) is 0 Å². The van der Waals surface area contributed by atoms with E-state index in [1.165, 1.54) is 6.07 Å². The van der Waals surface area contributed by atoms with Crippen LogP contribution in [-0.2, 0) is 16.0 Å². The fourth-order valence-electron chi connectivity index (χ4n) is 4.20. The predicted molar refractivity (Wildman–Crippen MR) is 133 cm³/mol. The van der Waals surface area contributed by atoms with E-state index in [0.29, 0.717) is 39.1 Å². The Bertz CT molecular complexity index is 1490. The molecule has 0 spiro atoms. The summed E-state index contributed by atoms with van der Waals surface area (Å²) in [5, 5.41) is 21.7. The van der Waals surface area contributed by atoms with Crippen molar-refractivity contribution < 1.29 is 24.2 Å². The van der Waals surface area contributed by atoms with Gasteiger partial charge in [-0.2, -0.15) is 0 Å². The molecular formula is C29H20FNO4. The number of hydrogen-bond donors (Lipinski definition) is 3. The summed E-state index contributed by atoms with van der Waals surface area (Å²) >= 11 is 0. The summed E-state index contributed by atoms with van der Waals surface area (Å²) in [6.45, 7) is 0. The van der Waals surface area contributed by atoms with E-state index in [-0.39, 0.29) is 18.1 Å². The fourth-order valence-corrected chi connectivity index (χ4v) is 4.20. The standard InChI is InChI=1S/C29H20FNO4/c30-25-16-26-23(24(29(35)31-26)13-17-5-7-18(8-6-17)14-28(33)34)15-22(25)20-11-9-19(10-12-20)21-3-1-2-4-27(21)32/h1-13,15-16,32H,14H2,(H,31,35)(H,33,34). The van der Waals surface area contributed by atoms with Gasteiger partial charge in [-0.3, -0.25) is 9.59 Å². The number of carbonyl (C=O) groups excluding carboxylic acids is 1. The number of nitrogens with one attached hydrogen (secondary N) is 1.